The Morgan fingerprint density at radius 2 is 1.92 bits per heavy atom. The number of ether oxygens (including phenoxy) is 1. The fourth-order valence-corrected chi connectivity index (χ4v) is 0.898. The summed E-state index contributed by atoms with van der Waals surface area (Å²) in [5.74, 6) is 0. The quantitative estimate of drug-likeness (QED) is 0.679. The maximum Gasteiger partial charge on any atom is 0.0900 e. The molecule has 80 valence electrons. The lowest BCUT2D eigenvalue weighted by Crippen LogP contribution is -2.34. The highest BCUT2D eigenvalue weighted by molar-refractivity contribution is 4.67. The van der Waals surface area contributed by atoms with Crippen LogP contribution in [0.2, 0.25) is 0 Å². The Labute approximate surface area is 81.7 Å². The molecule has 0 bridgehead atoms. The Morgan fingerprint density at radius 1 is 1.38 bits per heavy atom. The first-order valence-electron chi connectivity index (χ1n) is 4.84. The van der Waals surface area contributed by atoms with Crippen molar-refractivity contribution < 1.29 is 9.84 Å². The SMILES string of the molecule is CCC(C)(C)OCC(O)CN(C)C. The van der Waals surface area contributed by atoms with Gasteiger partial charge in [0, 0.05) is 6.54 Å². The monoisotopic (exact) mass is 189 g/mol. The Morgan fingerprint density at radius 3 is 2.31 bits per heavy atom. The van der Waals surface area contributed by atoms with E-state index in [9.17, 15) is 5.11 Å². The summed E-state index contributed by atoms with van der Waals surface area (Å²) in [6.45, 7) is 7.22. The number of hydrogen-bond acceptors (Lipinski definition) is 3. The largest absolute Gasteiger partial charge is 0.389 e. The second-order valence-electron chi connectivity index (χ2n) is 4.34. The fraction of sp³-hybridized carbons (Fsp3) is 1.00. The molecule has 0 amide bonds. The molecule has 0 fully saturated rings. The van der Waals surface area contributed by atoms with Crippen LogP contribution in [0.15, 0.2) is 0 Å². The summed E-state index contributed by atoms with van der Waals surface area (Å²) < 4.78 is 5.56. The Bertz CT molecular complexity index is 135. The molecule has 0 heterocycles. The topological polar surface area (TPSA) is 32.7 Å². The zero-order valence-electron chi connectivity index (χ0n) is 9.50. The van der Waals surface area contributed by atoms with Crippen molar-refractivity contribution in [1.29, 1.82) is 0 Å². The molecule has 0 aliphatic rings. The lowest BCUT2D eigenvalue weighted by atomic mass is 10.1. The molecule has 0 saturated carbocycles. The molecule has 3 heteroatoms. The minimum atomic E-state index is -0.388. The van der Waals surface area contributed by atoms with Crippen LogP contribution < -0.4 is 0 Å². The average Bonchev–Trinajstić information content (AvgIpc) is 2.00. The number of nitrogens with zero attached hydrogens (tertiary/aromatic N) is 1. The number of hydrogen-bond donors (Lipinski definition) is 1. The molecule has 13 heavy (non-hydrogen) atoms. The second-order valence-corrected chi connectivity index (χ2v) is 4.34. The van der Waals surface area contributed by atoms with Crippen LogP contribution >= 0.6 is 0 Å². The normalized spacial score (nSPS) is 15.0. The second kappa shape index (κ2) is 5.58. The zero-order chi connectivity index (χ0) is 10.5. The van der Waals surface area contributed by atoms with E-state index in [0.717, 1.165) is 6.42 Å². The van der Waals surface area contributed by atoms with Crippen molar-refractivity contribution in [3.63, 3.8) is 0 Å². The predicted molar refractivity (Wildman–Crippen MR) is 54.9 cm³/mol. The van der Waals surface area contributed by atoms with Crippen molar-refractivity contribution in [1.82, 2.24) is 4.90 Å². The van der Waals surface area contributed by atoms with Gasteiger partial charge in [-0.15, -0.1) is 0 Å². The number of likely N-dealkylation sites (N-methyl/N-ethyl adjacent to an activating group) is 1. The van der Waals surface area contributed by atoms with E-state index < -0.39 is 0 Å². The summed E-state index contributed by atoms with van der Waals surface area (Å²) in [7, 11) is 3.88. The first-order valence-corrected chi connectivity index (χ1v) is 4.84. The molecule has 1 N–H and O–H groups in total. The van der Waals surface area contributed by atoms with Crippen LogP contribution in [0.5, 0.6) is 0 Å². The third-order valence-corrected chi connectivity index (χ3v) is 2.09. The van der Waals surface area contributed by atoms with Gasteiger partial charge in [-0.05, 0) is 34.4 Å². The van der Waals surface area contributed by atoms with E-state index in [-0.39, 0.29) is 11.7 Å². The van der Waals surface area contributed by atoms with Crippen molar-refractivity contribution in [2.24, 2.45) is 0 Å². The van der Waals surface area contributed by atoms with E-state index in [1.165, 1.54) is 0 Å². The highest BCUT2D eigenvalue weighted by Crippen LogP contribution is 2.13. The van der Waals surface area contributed by atoms with Crippen LogP contribution in [-0.4, -0.2) is 49.0 Å². The molecule has 3 nitrogen and oxygen atoms in total. The molecule has 0 saturated heterocycles. The van der Waals surface area contributed by atoms with Gasteiger partial charge in [-0.1, -0.05) is 6.92 Å². The van der Waals surface area contributed by atoms with E-state index in [4.69, 9.17) is 4.74 Å². The van der Waals surface area contributed by atoms with E-state index in [0.29, 0.717) is 13.2 Å². The van der Waals surface area contributed by atoms with Crippen LogP contribution in [0.4, 0.5) is 0 Å². The molecule has 0 radical (unpaired) electrons. The van der Waals surface area contributed by atoms with Gasteiger partial charge < -0.3 is 14.7 Å². The van der Waals surface area contributed by atoms with Crippen LogP contribution in [0.1, 0.15) is 27.2 Å². The van der Waals surface area contributed by atoms with Gasteiger partial charge in [0.25, 0.3) is 0 Å². The summed E-state index contributed by atoms with van der Waals surface area (Å²) in [4.78, 5) is 1.95. The summed E-state index contributed by atoms with van der Waals surface area (Å²) in [6.07, 6.45) is 0.572. The van der Waals surface area contributed by atoms with E-state index in [1.54, 1.807) is 0 Å². The van der Waals surface area contributed by atoms with Crippen molar-refractivity contribution >= 4 is 0 Å². The first kappa shape index (κ1) is 12.9. The van der Waals surface area contributed by atoms with Gasteiger partial charge in [0.2, 0.25) is 0 Å². The van der Waals surface area contributed by atoms with Crippen LogP contribution in [0.3, 0.4) is 0 Å². The summed E-state index contributed by atoms with van der Waals surface area (Å²) >= 11 is 0. The molecule has 0 spiro atoms. The van der Waals surface area contributed by atoms with Gasteiger partial charge in [-0.2, -0.15) is 0 Å². The Kier molecular flexibility index (Phi) is 5.53. The molecular formula is C10H23NO2. The first-order chi connectivity index (χ1) is 5.87. The molecule has 0 aliphatic carbocycles. The van der Waals surface area contributed by atoms with E-state index >= 15 is 0 Å². The minimum Gasteiger partial charge on any atom is -0.389 e. The maximum absolute atomic E-state index is 9.51. The zero-order valence-corrected chi connectivity index (χ0v) is 9.50. The highest BCUT2D eigenvalue weighted by atomic mass is 16.5. The maximum atomic E-state index is 9.51. The summed E-state index contributed by atoms with van der Waals surface area (Å²) in [6, 6.07) is 0. The van der Waals surface area contributed by atoms with Gasteiger partial charge in [0.05, 0.1) is 18.3 Å². The lowest BCUT2D eigenvalue weighted by Gasteiger charge is -2.26. The van der Waals surface area contributed by atoms with Crippen LogP contribution in [-0.2, 0) is 4.74 Å². The molecule has 0 aromatic rings. The van der Waals surface area contributed by atoms with Gasteiger partial charge in [-0.25, -0.2) is 0 Å². The summed E-state index contributed by atoms with van der Waals surface area (Å²) in [5, 5.41) is 9.51. The van der Waals surface area contributed by atoms with Gasteiger partial charge in [-0.3, -0.25) is 0 Å². The minimum absolute atomic E-state index is 0.118. The van der Waals surface area contributed by atoms with Crippen LogP contribution in [0.25, 0.3) is 0 Å². The Balaban J connectivity index is 3.63. The van der Waals surface area contributed by atoms with Gasteiger partial charge in [0.1, 0.15) is 0 Å². The summed E-state index contributed by atoms with van der Waals surface area (Å²) in [5.41, 5.74) is -0.118. The highest BCUT2D eigenvalue weighted by Gasteiger charge is 2.17. The Hall–Kier alpha value is -0.120. The van der Waals surface area contributed by atoms with Crippen molar-refractivity contribution in [2.45, 2.75) is 38.9 Å². The van der Waals surface area contributed by atoms with Crippen molar-refractivity contribution in [3.8, 4) is 0 Å². The van der Waals surface area contributed by atoms with E-state index in [1.807, 2.05) is 32.8 Å². The van der Waals surface area contributed by atoms with Crippen molar-refractivity contribution in [3.05, 3.63) is 0 Å². The third kappa shape index (κ3) is 6.99. The number of aliphatic hydroxyl groups is 1. The molecule has 0 aromatic heterocycles. The fourth-order valence-electron chi connectivity index (χ4n) is 0.898. The van der Waals surface area contributed by atoms with Crippen molar-refractivity contribution in [2.75, 3.05) is 27.2 Å². The molecule has 1 unspecified atom stereocenters. The number of rotatable bonds is 6. The van der Waals surface area contributed by atoms with Gasteiger partial charge >= 0.3 is 0 Å². The van der Waals surface area contributed by atoms with Gasteiger partial charge in [0.15, 0.2) is 0 Å². The molecule has 1 atom stereocenters. The number of aliphatic hydroxyl groups excluding tert-OH is 1. The van der Waals surface area contributed by atoms with Crippen LogP contribution in [0, 0.1) is 0 Å². The lowest BCUT2D eigenvalue weighted by molar-refractivity contribution is -0.0648. The molecule has 0 rings (SSSR count). The average molecular weight is 189 g/mol. The molecule has 0 aliphatic heterocycles. The smallest absolute Gasteiger partial charge is 0.0900 e. The standard InChI is InChI=1S/C10H23NO2/c1-6-10(2,3)13-8-9(12)7-11(4)5/h9,12H,6-8H2,1-5H3. The predicted octanol–water partition coefficient (Wildman–Crippen LogP) is 1.11. The molecular weight excluding hydrogens is 166 g/mol. The van der Waals surface area contributed by atoms with E-state index in [2.05, 4.69) is 6.92 Å². The third-order valence-electron chi connectivity index (χ3n) is 2.09. The molecule has 0 aromatic carbocycles.